The maximum Gasteiger partial charge on any atom is 0.408 e. The molecule has 3 atom stereocenters. The Morgan fingerprint density at radius 3 is 1.98 bits per heavy atom. The quantitative estimate of drug-likeness (QED) is 0.143. The molecule has 0 spiro atoms. The minimum atomic E-state index is -1.44. The fourth-order valence-corrected chi connectivity index (χ4v) is 4.85. The van der Waals surface area contributed by atoms with Gasteiger partial charge in [0, 0.05) is 18.5 Å². The van der Waals surface area contributed by atoms with Crippen LogP contribution in [-0.2, 0) is 35.1 Å². The number of nitrogens with one attached hydrogen (secondary N) is 2. The van der Waals surface area contributed by atoms with Crippen molar-refractivity contribution >= 4 is 29.8 Å². The van der Waals surface area contributed by atoms with Crippen molar-refractivity contribution < 1.29 is 33.4 Å². The molecule has 11 nitrogen and oxygen atoms in total. The molecule has 4 amide bonds. The van der Waals surface area contributed by atoms with E-state index >= 15 is 0 Å². The summed E-state index contributed by atoms with van der Waals surface area (Å²) in [5.41, 5.74) is 5.51. The third-order valence-corrected chi connectivity index (χ3v) is 6.92. The van der Waals surface area contributed by atoms with Crippen molar-refractivity contribution in [2.24, 2.45) is 5.73 Å². The number of nitrogens with two attached hydrogens (primary N) is 1. The highest BCUT2D eigenvalue weighted by Gasteiger charge is 2.38. The van der Waals surface area contributed by atoms with Crippen molar-refractivity contribution in [3.63, 3.8) is 0 Å². The number of hydrogen-bond acceptors (Lipinski definition) is 7. The number of carbonyl (C=O) groups is 5. The number of benzene rings is 2. The first kappa shape index (κ1) is 39.3. The number of carbonyl (C=O) groups excluding carboxylic acids is 5. The number of terminal acetylenes is 1. The molecule has 0 bridgehead atoms. The highest BCUT2D eigenvalue weighted by Crippen LogP contribution is 2.25. The normalized spacial score (nSPS) is 13.2. The van der Waals surface area contributed by atoms with E-state index in [1.165, 1.54) is 4.90 Å². The molecule has 2 rings (SSSR count). The zero-order valence-electron chi connectivity index (χ0n) is 29.1. The van der Waals surface area contributed by atoms with Gasteiger partial charge in [-0.1, -0.05) is 68.2 Å². The number of amides is 4. The highest BCUT2D eigenvalue weighted by molar-refractivity contribution is 5.95. The lowest BCUT2D eigenvalue weighted by Crippen LogP contribution is -2.55. The summed E-state index contributed by atoms with van der Waals surface area (Å²) in [5.74, 6) is -0.354. The average Bonchev–Trinajstić information content (AvgIpc) is 2.98. The Balaban J connectivity index is 2.65. The van der Waals surface area contributed by atoms with E-state index in [1.54, 1.807) is 65.8 Å². The van der Waals surface area contributed by atoms with Crippen LogP contribution in [0.15, 0.2) is 54.6 Å². The Bertz CT molecular complexity index is 1440. The van der Waals surface area contributed by atoms with Gasteiger partial charge in [-0.3, -0.25) is 14.4 Å². The van der Waals surface area contributed by atoms with Crippen molar-refractivity contribution in [1.82, 2.24) is 15.5 Å². The number of rotatable bonds is 15. The molecule has 4 N–H and O–H groups in total. The first-order chi connectivity index (χ1) is 22.4. The second-order valence-electron chi connectivity index (χ2n) is 13.6. The van der Waals surface area contributed by atoms with Gasteiger partial charge in [0.05, 0.1) is 6.42 Å². The predicted octanol–water partition coefficient (Wildman–Crippen LogP) is 4.57. The molecule has 0 aromatic heterocycles. The van der Waals surface area contributed by atoms with E-state index in [4.69, 9.17) is 21.6 Å². The van der Waals surface area contributed by atoms with Crippen molar-refractivity contribution in [2.45, 2.75) is 110 Å². The molecule has 3 unspecified atom stereocenters. The summed E-state index contributed by atoms with van der Waals surface area (Å²) in [5, 5.41) is 5.31. The standard InChI is InChI=1S/C37H50N4O7/c1-9-11-15-22-41(33(44)28(24-30(38)42)40-35(46)48-37(6,7)8)31(27-20-18-25(10-2)19-21-27)32(43)39-29(34(45)47-36(3,4)5)23-26-16-13-12-14-17-26/h2,12-14,16-21,28-29,31H,9,11,15,22-24H2,1,3-8H3,(H2,38,42)(H,39,43)(H,40,46). The maximum absolute atomic E-state index is 14.4. The van der Waals surface area contributed by atoms with Gasteiger partial charge in [0.2, 0.25) is 17.7 Å². The number of ether oxygens (including phenoxy) is 2. The molecule has 2 aromatic carbocycles. The van der Waals surface area contributed by atoms with E-state index < -0.39 is 65.5 Å². The number of nitrogens with zero attached hydrogens (tertiary/aromatic N) is 1. The maximum atomic E-state index is 14.4. The molecule has 48 heavy (non-hydrogen) atoms. The van der Waals surface area contributed by atoms with Crippen molar-refractivity contribution in [2.75, 3.05) is 6.54 Å². The Hall–Kier alpha value is -4.85. The van der Waals surface area contributed by atoms with Crippen molar-refractivity contribution in [3.8, 4) is 12.3 Å². The SMILES string of the molecule is C#Cc1ccc(C(C(=O)NC(Cc2ccccc2)C(=O)OC(C)(C)C)N(CCCCC)C(=O)C(CC(N)=O)NC(=O)OC(C)(C)C)cc1. The van der Waals surface area contributed by atoms with Crippen molar-refractivity contribution in [3.05, 3.63) is 71.3 Å². The molecule has 0 radical (unpaired) electrons. The molecule has 0 fully saturated rings. The van der Waals surface area contributed by atoms with Gasteiger partial charge in [0.15, 0.2) is 0 Å². The minimum absolute atomic E-state index is 0.0860. The van der Waals surface area contributed by atoms with Gasteiger partial charge >= 0.3 is 12.1 Å². The zero-order valence-corrected chi connectivity index (χ0v) is 29.1. The Labute approximate surface area is 284 Å². The average molecular weight is 663 g/mol. The van der Waals surface area contributed by atoms with Crippen LogP contribution in [0.25, 0.3) is 0 Å². The second kappa shape index (κ2) is 17.9. The molecule has 0 aliphatic carbocycles. The van der Waals surface area contributed by atoms with Gasteiger partial charge in [0.25, 0.3) is 0 Å². The molecule has 2 aromatic rings. The summed E-state index contributed by atoms with van der Waals surface area (Å²) >= 11 is 0. The Morgan fingerprint density at radius 1 is 0.854 bits per heavy atom. The van der Waals surface area contributed by atoms with Gasteiger partial charge in [-0.05, 0) is 71.2 Å². The topological polar surface area (TPSA) is 157 Å². The molecular formula is C37H50N4O7. The molecule has 260 valence electrons. The van der Waals surface area contributed by atoms with Crippen LogP contribution in [-0.4, -0.2) is 64.5 Å². The van der Waals surface area contributed by atoms with E-state index in [1.807, 2.05) is 37.3 Å². The minimum Gasteiger partial charge on any atom is -0.458 e. The van der Waals surface area contributed by atoms with Crippen LogP contribution < -0.4 is 16.4 Å². The summed E-state index contributed by atoms with van der Waals surface area (Å²) in [4.78, 5) is 68.5. The van der Waals surface area contributed by atoms with Crippen LogP contribution in [0.3, 0.4) is 0 Å². The van der Waals surface area contributed by atoms with E-state index in [-0.39, 0.29) is 13.0 Å². The number of primary amides is 1. The summed E-state index contributed by atoms with van der Waals surface area (Å²) < 4.78 is 11.0. The highest BCUT2D eigenvalue weighted by atomic mass is 16.6. The fraction of sp³-hybridized carbons (Fsp3) is 0.486. The first-order valence-electron chi connectivity index (χ1n) is 16.2. The van der Waals surface area contributed by atoms with Crippen LogP contribution in [0, 0.1) is 12.3 Å². The van der Waals surface area contributed by atoms with Crippen LogP contribution in [0.5, 0.6) is 0 Å². The summed E-state index contributed by atoms with van der Waals surface area (Å²) in [6.45, 7) is 12.2. The lowest BCUT2D eigenvalue weighted by molar-refractivity contribution is -0.159. The van der Waals surface area contributed by atoms with E-state index in [0.717, 1.165) is 18.4 Å². The van der Waals surface area contributed by atoms with E-state index in [0.29, 0.717) is 17.5 Å². The molecule has 0 aliphatic heterocycles. The molecule has 0 saturated carbocycles. The van der Waals surface area contributed by atoms with Crippen LogP contribution >= 0.6 is 0 Å². The summed E-state index contributed by atoms with van der Waals surface area (Å²) in [6.07, 6.45) is 6.28. The molecule has 0 saturated heterocycles. The Kier molecular flexibility index (Phi) is 14.7. The van der Waals surface area contributed by atoms with E-state index in [9.17, 15) is 24.0 Å². The van der Waals surface area contributed by atoms with Crippen LogP contribution in [0.1, 0.15) is 96.9 Å². The summed E-state index contributed by atoms with van der Waals surface area (Å²) in [6, 6.07) is 11.8. The zero-order chi connectivity index (χ0) is 36.1. The monoisotopic (exact) mass is 662 g/mol. The number of esters is 1. The van der Waals surface area contributed by atoms with Gasteiger partial charge in [-0.15, -0.1) is 6.42 Å². The molecule has 0 aliphatic rings. The fourth-order valence-electron chi connectivity index (χ4n) is 4.85. The van der Waals surface area contributed by atoms with Gasteiger partial charge < -0.3 is 30.7 Å². The smallest absolute Gasteiger partial charge is 0.408 e. The number of unbranched alkanes of at least 4 members (excludes halogenated alkanes) is 2. The molecule has 11 heteroatoms. The molecule has 0 heterocycles. The lowest BCUT2D eigenvalue weighted by Gasteiger charge is -2.35. The molecular weight excluding hydrogens is 612 g/mol. The van der Waals surface area contributed by atoms with Crippen molar-refractivity contribution in [1.29, 1.82) is 0 Å². The van der Waals surface area contributed by atoms with Crippen LogP contribution in [0.2, 0.25) is 0 Å². The summed E-state index contributed by atoms with van der Waals surface area (Å²) in [7, 11) is 0. The third kappa shape index (κ3) is 13.5. The first-order valence-corrected chi connectivity index (χ1v) is 16.2. The van der Waals surface area contributed by atoms with Gasteiger partial charge in [-0.2, -0.15) is 0 Å². The van der Waals surface area contributed by atoms with E-state index in [2.05, 4.69) is 16.6 Å². The number of alkyl carbamates (subject to hydrolysis) is 1. The van der Waals surface area contributed by atoms with Crippen LogP contribution in [0.4, 0.5) is 4.79 Å². The van der Waals surface area contributed by atoms with Gasteiger partial charge in [0.1, 0.15) is 29.3 Å². The second-order valence-corrected chi connectivity index (χ2v) is 13.6. The number of hydrogen-bond donors (Lipinski definition) is 3. The Morgan fingerprint density at radius 2 is 1.46 bits per heavy atom. The van der Waals surface area contributed by atoms with Gasteiger partial charge in [-0.25, -0.2) is 9.59 Å². The largest absolute Gasteiger partial charge is 0.458 e. The lowest BCUT2D eigenvalue weighted by atomic mass is 9.99. The third-order valence-electron chi connectivity index (χ3n) is 6.92. The predicted molar refractivity (Wildman–Crippen MR) is 183 cm³/mol.